The predicted molar refractivity (Wildman–Crippen MR) is 80.6 cm³/mol. The van der Waals surface area contributed by atoms with Crippen LogP contribution < -0.4 is 10.1 Å². The molecule has 0 amide bonds. The standard InChI is InChI=1S/C16H22ClNO2/c17-15-10-12(9-13-3-1-7-18-13)5-6-16(15)20-14-4-2-8-19-11-14/h5-6,10,13-14,18H,1-4,7-9,11H2. The van der Waals surface area contributed by atoms with E-state index in [1.165, 1.54) is 18.4 Å². The SMILES string of the molecule is Clc1cc(CC2CCCN2)ccc1OC1CCCOC1. The van der Waals surface area contributed by atoms with E-state index in [1.807, 2.05) is 12.1 Å². The second kappa shape index (κ2) is 6.79. The van der Waals surface area contributed by atoms with Gasteiger partial charge in [0, 0.05) is 12.6 Å². The molecular formula is C16H22ClNO2. The minimum Gasteiger partial charge on any atom is -0.486 e. The van der Waals surface area contributed by atoms with Gasteiger partial charge in [0.05, 0.1) is 11.6 Å². The summed E-state index contributed by atoms with van der Waals surface area (Å²) in [4.78, 5) is 0. The van der Waals surface area contributed by atoms with Crippen LogP contribution in [-0.2, 0) is 11.2 Å². The van der Waals surface area contributed by atoms with Gasteiger partial charge in [-0.2, -0.15) is 0 Å². The van der Waals surface area contributed by atoms with Crippen molar-refractivity contribution >= 4 is 11.6 Å². The van der Waals surface area contributed by atoms with Crippen LogP contribution >= 0.6 is 11.6 Å². The smallest absolute Gasteiger partial charge is 0.138 e. The number of rotatable bonds is 4. The Balaban J connectivity index is 1.60. The summed E-state index contributed by atoms with van der Waals surface area (Å²) in [5.41, 5.74) is 1.28. The van der Waals surface area contributed by atoms with Crippen LogP contribution in [0.1, 0.15) is 31.2 Å². The Morgan fingerprint density at radius 2 is 2.25 bits per heavy atom. The largest absolute Gasteiger partial charge is 0.486 e. The topological polar surface area (TPSA) is 30.5 Å². The molecule has 2 fully saturated rings. The highest BCUT2D eigenvalue weighted by atomic mass is 35.5. The van der Waals surface area contributed by atoms with E-state index in [0.717, 1.165) is 38.2 Å². The zero-order valence-electron chi connectivity index (χ0n) is 11.7. The van der Waals surface area contributed by atoms with E-state index >= 15 is 0 Å². The molecule has 2 atom stereocenters. The summed E-state index contributed by atoms with van der Waals surface area (Å²) in [5, 5.41) is 4.23. The van der Waals surface area contributed by atoms with Crippen molar-refractivity contribution in [2.45, 2.75) is 44.2 Å². The van der Waals surface area contributed by atoms with Gasteiger partial charge in [0.15, 0.2) is 0 Å². The number of hydrogen-bond acceptors (Lipinski definition) is 3. The molecule has 0 aromatic heterocycles. The van der Waals surface area contributed by atoms with Gasteiger partial charge in [-0.25, -0.2) is 0 Å². The molecule has 3 nitrogen and oxygen atoms in total. The third-order valence-corrected chi connectivity index (χ3v) is 4.35. The monoisotopic (exact) mass is 295 g/mol. The zero-order valence-corrected chi connectivity index (χ0v) is 12.5. The quantitative estimate of drug-likeness (QED) is 0.925. The molecule has 2 saturated heterocycles. The third-order valence-electron chi connectivity index (χ3n) is 4.05. The molecule has 1 aromatic carbocycles. The second-order valence-corrected chi connectivity index (χ2v) is 6.13. The third kappa shape index (κ3) is 3.66. The van der Waals surface area contributed by atoms with Crippen molar-refractivity contribution in [3.8, 4) is 5.75 Å². The Kier molecular flexibility index (Phi) is 4.81. The first kappa shape index (κ1) is 14.2. The Bertz CT molecular complexity index is 440. The maximum atomic E-state index is 6.35. The fourth-order valence-electron chi connectivity index (χ4n) is 2.97. The molecule has 0 radical (unpaired) electrons. The van der Waals surface area contributed by atoms with Crippen LogP contribution in [0.3, 0.4) is 0 Å². The van der Waals surface area contributed by atoms with Gasteiger partial charge in [0.25, 0.3) is 0 Å². The number of benzene rings is 1. The molecule has 0 saturated carbocycles. The van der Waals surface area contributed by atoms with E-state index in [9.17, 15) is 0 Å². The number of halogens is 1. The molecular weight excluding hydrogens is 274 g/mol. The van der Waals surface area contributed by atoms with Crippen molar-refractivity contribution in [2.24, 2.45) is 0 Å². The van der Waals surface area contributed by atoms with Crippen molar-refractivity contribution in [3.05, 3.63) is 28.8 Å². The van der Waals surface area contributed by atoms with Crippen molar-refractivity contribution in [3.63, 3.8) is 0 Å². The van der Waals surface area contributed by atoms with Crippen molar-refractivity contribution in [1.82, 2.24) is 5.32 Å². The van der Waals surface area contributed by atoms with Crippen LogP contribution in [0, 0.1) is 0 Å². The average molecular weight is 296 g/mol. The first-order chi connectivity index (χ1) is 9.81. The van der Waals surface area contributed by atoms with Gasteiger partial charge in [-0.15, -0.1) is 0 Å². The highest BCUT2D eigenvalue weighted by Gasteiger charge is 2.18. The number of ether oxygens (including phenoxy) is 2. The first-order valence-electron chi connectivity index (χ1n) is 7.57. The van der Waals surface area contributed by atoms with Crippen molar-refractivity contribution in [1.29, 1.82) is 0 Å². The minimum atomic E-state index is 0.142. The first-order valence-corrected chi connectivity index (χ1v) is 7.95. The molecule has 1 N–H and O–H groups in total. The predicted octanol–water partition coefficient (Wildman–Crippen LogP) is 3.19. The van der Waals surface area contributed by atoms with E-state index in [4.69, 9.17) is 21.1 Å². The van der Waals surface area contributed by atoms with E-state index in [1.54, 1.807) is 0 Å². The van der Waals surface area contributed by atoms with Gasteiger partial charge < -0.3 is 14.8 Å². The Hall–Kier alpha value is -0.770. The summed E-state index contributed by atoms with van der Waals surface area (Å²) < 4.78 is 11.4. The van der Waals surface area contributed by atoms with Crippen molar-refractivity contribution in [2.75, 3.05) is 19.8 Å². The van der Waals surface area contributed by atoms with Gasteiger partial charge >= 0.3 is 0 Å². The van der Waals surface area contributed by atoms with E-state index < -0.39 is 0 Å². The summed E-state index contributed by atoms with van der Waals surface area (Å²) in [5.74, 6) is 0.783. The Morgan fingerprint density at radius 3 is 2.95 bits per heavy atom. The highest BCUT2D eigenvalue weighted by Crippen LogP contribution is 2.28. The summed E-state index contributed by atoms with van der Waals surface area (Å²) in [6, 6.07) is 6.77. The summed E-state index contributed by atoms with van der Waals surface area (Å²) in [6.45, 7) is 2.66. The molecule has 3 rings (SSSR count). The summed E-state index contributed by atoms with van der Waals surface area (Å²) >= 11 is 6.35. The molecule has 0 bridgehead atoms. The molecule has 20 heavy (non-hydrogen) atoms. The van der Waals surface area contributed by atoms with Gasteiger partial charge in [-0.05, 0) is 56.3 Å². The second-order valence-electron chi connectivity index (χ2n) is 5.72. The van der Waals surface area contributed by atoms with Gasteiger partial charge in [0.1, 0.15) is 11.9 Å². The molecule has 2 aliphatic rings. The molecule has 4 heteroatoms. The van der Waals surface area contributed by atoms with E-state index in [-0.39, 0.29) is 6.10 Å². The lowest BCUT2D eigenvalue weighted by Crippen LogP contribution is -2.28. The fourth-order valence-corrected chi connectivity index (χ4v) is 3.21. The Morgan fingerprint density at radius 1 is 1.30 bits per heavy atom. The van der Waals surface area contributed by atoms with Crippen LogP contribution in [-0.4, -0.2) is 31.9 Å². The minimum absolute atomic E-state index is 0.142. The van der Waals surface area contributed by atoms with Crippen LogP contribution in [0.5, 0.6) is 5.75 Å². The van der Waals surface area contributed by atoms with E-state index in [2.05, 4.69) is 11.4 Å². The normalized spacial score (nSPS) is 26.6. The molecule has 110 valence electrons. The molecule has 2 aliphatic heterocycles. The van der Waals surface area contributed by atoms with Gasteiger partial charge in [0.2, 0.25) is 0 Å². The maximum Gasteiger partial charge on any atom is 0.138 e. The van der Waals surface area contributed by atoms with Crippen molar-refractivity contribution < 1.29 is 9.47 Å². The number of nitrogens with one attached hydrogen (secondary N) is 1. The molecule has 2 heterocycles. The summed E-state index contributed by atoms with van der Waals surface area (Å²) in [7, 11) is 0. The van der Waals surface area contributed by atoms with Crippen LogP contribution in [0.2, 0.25) is 5.02 Å². The highest BCUT2D eigenvalue weighted by molar-refractivity contribution is 6.32. The van der Waals surface area contributed by atoms with Gasteiger partial charge in [-0.1, -0.05) is 17.7 Å². The Labute approximate surface area is 125 Å². The number of hydrogen-bond donors (Lipinski definition) is 1. The van der Waals surface area contributed by atoms with Crippen LogP contribution in [0.4, 0.5) is 0 Å². The lowest BCUT2D eigenvalue weighted by atomic mass is 10.0. The average Bonchev–Trinajstić information content (AvgIpc) is 2.96. The lowest BCUT2D eigenvalue weighted by molar-refractivity contribution is 0.00747. The molecule has 1 aromatic rings. The van der Waals surface area contributed by atoms with Gasteiger partial charge in [-0.3, -0.25) is 0 Å². The molecule has 0 aliphatic carbocycles. The van der Waals surface area contributed by atoms with E-state index in [0.29, 0.717) is 17.7 Å². The maximum absolute atomic E-state index is 6.35. The lowest BCUT2D eigenvalue weighted by Gasteiger charge is -2.24. The zero-order chi connectivity index (χ0) is 13.8. The van der Waals surface area contributed by atoms with Crippen LogP contribution in [0.15, 0.2) is 18.2 Å². The fraction of sp³-hybridized carbons (Fsp3) is 0.625. The molecule has 0 spiro atoms. The van der Waals surface area contributed by atoms with Crippen LogP contribution in [0.25, 0.3) is 0 Å². The molecule has 2 unspecified atom stereocenters. The summed E-state index contributed by atoms with van der Waals surface area (Å²) in [6.07, 6.45) is 5.84.